The van der Waals surface area contributed by atoms with Gasteiger partial charge in [0.15, 0.2) is 24.2 Å². The largest absolute Gasteiger partial charge is 0.368 e. The van der Waals surface area contributed by atoms with Gasteiger partial charge in [-0.05, 0) is 49.2 Å². The predicted octanol–water partition coefficient (Wildman–Crippen LogP) is 5.42. The summed E-state index contributed by atoms with van der Waals surface area (Å²) in [6, 6.07) is 24.4. The lowest BCUT2D eigenvalue weighted by atomic mass is 9.91. The fourth-order valence-electron chi connectivity index (χ4n) is 5.59. The van der Waals surface area contributed by atoms with Gasteiger partial charge in [-0.25, -0.2) is 5.06 Å². The molecule has 0 bridgehead atoms. The zero-order valence-electron chi connectivity index (χ0n) is 21.5. The van der Waals surface area contributed by atoms with Crippen molar-refractivity contribution in [2.45, 2.75) is 69.0 Å². The molecule has 0 spiro atoms. The molecule has 0 aliphatic carbocycles. The zero-order chi connectivity index (χ0) is 27.1. The molecule has 7 atom stereocenters. The lowest BCUT2D eigenvalue weighted by Gasteiger charge is -2.33. The maximum atomic E-state index is 12.7. The van der Waals surface area contributed by atoms with Crippen LogP contribution in [-0.2, 0) is 30.4 Å². The van der Waals surface area contributed by atoms with Crippen LogP contribution in [0.15, 0.2) is 89.4 Å². The predicted molar refractivity (Wildman–Crippen MR) is 145 cm³/mol. The van der Waals surface area contributed by atoms with Crippen LogP contribution in [0, 0.1) is 10.1 Å². The molecule has 10 heteroatoms. The lowest BCUT2D eigenvalue weighted by molar-refractivity contribution is -0.532. The van der Waals surface area contributed by atoms with Gasteiger partial charge in [0, 0.05) is 9.40 Å². The third-order valence-electron chi connectivity index (χ3n) is 7.26. The summed E-state index contributed by atoms with van der Waals surface area (Å²) >= 11 is 3.46. The van der Waals surface area contributed by atoms with Crippen molar-refractivity contribution in [1.82, 2.24) is 0 Å². The smallest absolute Gasteiger partial charge is 0.270 e. The van der Waals surface area contributed by atoms with E-state index in [-0.39, 0.29) is 11.5 Å². The summed E-state index contributed by atoms with van der Waals surface area (Å²) < 4.78 is 26.1. The van der Waals surface area contributed by atoms with Gasteiger partial charge in [0.05, 0.1) is 12.3 Å². The van der Waals surface area contributed by atoms with E-state index in [2.05, 4.69) is 15.9 Å². The second kappa shape index (κ2) is 10.6. The molecule has 0 aromatic heterocycles. The van der Waals surface area contributed by atoms with E-state index in [9.17, 15) is 10.1 Å². The average molecular weight is 597 g/mol. The maximum absolute atomic E-state index is 12.7. The van der Waals surface area contributed by atoms with E-state index in [4.69, 9.17) is 23.8 Å². The molecule has 3 saturated heterocycles. The van der Waals surface area contributed by atoms with Gasteiger partial charge >= 0.3 is 0 Å². The highest BCUT2D eigenvalue weighted by atomic mass is 79.9. The number of anilines is 1. The number of nitrogens with zero attached hydrogens (tertiary/aromatic N) is 2. The fraction of sp³-hybridized carbons (Fsp3) is 0.379. The Morgan fingerprint density at radius 2 is 1.62 bits per heavy atom. The van der Waals surface area contributed by atoms with Gasteiger partial charge in [0.2, 0.25) is 0 Å². The van der Waals surface area contributed by atoms with Crippen molar-refractivity contribution in [2.75, 3.05) is 5.06 Å². The number of hydrogen-bond acceptors (Lipinski definition) is 8. The van der Waals surface area contributed by atoms with Gasteiger partial charge in [-0.3, -0.25) is 15.0 Å². The molecule has 204 valence electrons. The second-order valence-electron chi connectivity index (χ2n) is 10.3. The summed E-state index contributed by atoms with van der Waals surface area (Å²) in [5.74, 6) is -0.875. The van der Waals surface area contributed by atoms with Crippen molar-refractivity contribution in [3.63, 3.8) is 0 Å². The van der Waals surface area contributed by atoms with E-state index in [1.54, 1.807) is 5.06 Å². The molecule has 3 aromatic rings. The number of ether oxygens (including phenoxy) is 4. The lowest BCUT2D eigenvalue weighted by Crippen LogP contribution is -2.53. The number of para-hydroxylation sites is 1. The number of hydrogen-bond donors (Lipinski definition) is 0. The zero-order valence-corrected chi connectivity index (χ0v) is 23.0. The topological polar surface area (TPSA) is 92.5 Å². The Hall–Kier alpha value is -2.86. The molecule has 0 N–H and O–H groups in total. The third kappa shape index (κ3) is 5.20. The first-order valence-corrected chi connectivity index (χ1v) is 13.7. The minimum Gasteiger partial charge on any atom is -0.368 e. The minimum atomic E-state index is -1.15. The number of nitro groups is 1. The first-order chi connectivity index (χ1) is 18.8. The van der Waals surface area contributed by atoms with Gasteiger partial charge in [-0.1, -0.05) is 76.6 Å². The van der Waals surface area contributed by atoms with Crippen molar-refractivity contribution in [3.8, 4) is 0 Å². The van der Waals surface area contributed by atoms with Gasteiger partial charge in [-0.15, -0.1) is 0 Å². The Labute approximate surface area is 234 Å². The first kappa shape index (κ1) is 26.4. The molecule has 39 heavy (non-hydrogen) atoms. The number of fused-ring (bicyclic) bond motifs is 1. The number of benzene rings is 3. The van der Waals surface area contributed by atoms with E-state index in [0.717, 1.165) is 10.0 Å². The molecular formula is C29H29BrN2O7. The summed E-state index contributed by atoms with van der Waals surface area (Å²) in [7, 11) is 0. The monoisotopic (exact) mass is 596 g/mol. The Morgan fingerprint density at radius 1 is 0.949 bits per heavy atom. The Morgan fingerprint density at radius 3 is 2.28 bits per heavy atom. The Kier molecular flexibility index (Phi) is 7.17. The second-order valence-corrected chi connectivity index (χ2v) is 11.3. The quantitative estimate of drug-likeness (QED) is 0.264. The number of rotatable bonds is 7. The molecule has 3 aliphatic heterocycles. The van der Waals surface area contributed by atoms with E-state index in [1.165, 1.54) is 0 Å². The molecular weight excluding hydrogens is 568 g/mol. The molecule has 0 amide bonds. The molecule has 0 saturated carbocycles. The Bertz CT molecular complexity index is 1290. The number of hydroxylamine groups is 1. The van der Waals surface area contributed by atoms with Gasteiger partial charge in [0.25, 0.3) is 6.04 Å². The fourth-order valence-corrected chi connectivity index (χ4v) is 5.85. The van der Waals surface area contributed by atoms with Crippen LogP contribution in [0.3, 0.4) is 0 Å². The van der Waals surface area contributed by atoms with Crippen molar-refractivity contribution >= 4 is 21.6 Å². The molecule has 3 fully saturated rings. The van der Waals surface area contributed by atoms with Crippen molar-refractivity contribution in [1.29, 1.82) is 0 Å². The van der Waals surface area contributed by atoms with E-state index >= 15 is 0 Å². The van der Waals surface area contributed by atoms with Crippen LogP contribution in [0.2, 0.25) is 0 Å². The molecule has 6 rings (SSSR count). The summed E-state index contributed by atoms with van der Waals surface area (Å²) in [6.45, 7) is 3.90. The summed E-state index contributed by atoms with van der Waals surface area (Å²) in [5, 5.41) is 14.3. The van der Waals surface area contributed by atoms with Crippen LogP contribution in [-0.4, -0.2) is 47.4 Å². The van der Waals surface area contributed by atoms with Crippen molar-refractivity contribution < 1.29 is 28.7 Å². The molecule has 9 nitrogen and oxygen atoms in total. The van der Waals surface area contributed by atoms with Crippen LogP contribution in [0.25, 0.3) is 0 Å². The first-order valence-electron chi connectivity index (χ1n) is 12.9. The van der Waals surface area contributed by atoms with Crippen LogP contribution in [0.1, 0.15) is 31.1 Å². The maximum Gasteiger partial charge on any atom is 0.270 e. The van der Waals surface area contributed by atoms with Gasteiger partial charge < -0.3 is 18.9 Å². The SMILES string of the molecule is CC1(C)O[C@H]2O[C@H]([C@@H]3[C@@H]([N+](=O)[O-])[C@H](c4ccccc4)ON3c3ccccc3)[C@H](OCc3ccc(Br)cc3)[C@H]2O1. The highest BCUT2D eigenvalue weighted by Crippen LogP contribution is 2.46. The summed E-state index contributed by atoms with van der Waals surface area (Å²) in [5.41, 5.74) is 2.35. The van der Waals surface area contributed by atoms with Crippen molar-refractivity contribution in [3.05, 3.63) is 111 Å². The average Bonchev–Trinajstić information content (AvgIpc) is 3.57. The third-order valence-corrected chi connectivity index (χ3v) is 7.79. The standard InChI is InChI=1S/C29H29BrN2O7/c1-29(2)37-27-26(35-17-18-13-15-20(30)16-14-18)25(36-28(27)38-29)22-23(32(33)34)24(19-9-5-3-6-10-19)39-31(22)21-11-7-4-8-12-21/h3-16,22-28H,17H2,1-2H3/t22-,23+,24-,25+,26-,27+,28+/m0/s1. The van der Waals surface area contributed by atoms with Gasteiger partial charge in [0.1, 0.15) is 18.3 Å². The highest BCUT2D eigenvalue weighted by molar-refractivity contribution is 9.10. The van der Waals surface area contributed by atoms with Crippen LogP contribution in [0.4, 0.5) is 5.69 Å². The molecule has 0 radical (unpaired) electrons. The van der Waals surface area contributed by atoms with E-state index < -0.39 is 48.6 Å². The molecule has 3 aliphatic rings. The van der Waals surface area contributed by atoms with E-state index in [1.807, 2.05) is 98.8 Å². The number of halogens is 1. The van der Waals surface area contributed by atoms with Gasteiger partial charge in [-0.2, -0.15) is 0 Å². The Balaban J connectivity index is 1.38. The summed E-state index contributed by atoms with van der Waals surface area (Å²) in [6.07, 6.45) is -3.57. The summed E-state index contributed by atoms with van der Waals surface area (Å²) in [4.78, 5) is 18.8. The highest BCUT2D eigenvalue weighted by Gasteiger charge is 2.65. The molecule has 0 unspecified atom stereocenters. The van der Waals surface area contributed by atoms with Crippen LogP contribution in [0.5, 0.6) is 0 Å². The minimum absolute atomic E-state index is 0.273. The van der Waals surface area contributed by atoms with E-state index in [0.29, 0.717) is 11.3 Å². The van der Waals surface area contributed by atoms with Crippen LogP contribution >= 0.6 is 15.9 Å². The molecule has 3 heterocycles. The normalized spacial score (nSPS) is 31.4. The molecule has 3 aromatic carbocycles. The van der Waals surface area contributed by atoms with Crippen LogP contribution < -0.4 is 5.06 Å². The van der Waals surface area contributed by atoms with Crippen molar-refractivity contribution in [2.24, 2.45) is 0 Å².